The van der Waals surface area contributed by atoms with Crippen molar-refractivity contribution in [1.29, 1.82) is 0 Å². The number of urea groups is 1. The van der Waals surface area contributed by atoms with Gasteiger partial charge in [-0.25, -0.2) is 4.79 Å². The number of hydrogen-bond acceptors (Lipinski definition) is 4. The second kappa shape index (κ2) is 7.48. The predicted molar refractivity (Wildman–Crippen MR) is 90.8 cm³/mol. The van der Waals surface area contributed by atoms with Crippen molar-refractivity contribution in [2.45, 2.75) is 50.9 Å². The molecule has 1 aliphatic heterocycles. The Kier molecular flexibility index (Phi) is 5.40. The summed E-state index contributed by atoms with van der Waals surface area (Å²) in [5.74, 6) is -1.44. The molecule has 0 aromatic carbocycles. The van der Waals surface area contributed by atoms with E-state index in [9.17, 15) is 27.6 Å². The van der Waals surface area contributed by atoms with Gasteiger partial charge in [0.1, 0.15) is 24.4 Å². The maximum absolute atomic E-state index is 12.9. The van der Waals surface area contributed by atoms with Gasteiger partial charge in [-0.3, -0.25) is 14.5 Å². The number of furan rings is 1. The quantitative estimate of drug-likeness (QED) is 0.769. The van der Waals surface area contributed by atoms with Crippen LogP contribution in [0, 0.1) is 5.92 Å². The number of halogens is 3. The van der Waals surface area contributed by atoms with E-state index in [1.165, 1.54) is 18.4 Å². The molecule has 10 heteroatoms. The molecule has 7 nitrogen and oxygen atoms in total. The molecular formula is C18H22F3N3O4. The van der Waals surface area contributed by atoms with Gasteiger partial charge in [0.15, 0.2) is 0 Å². The molecule has 0 bridgehead atoms. The third kappa shape index (κ3) is 4.00. The van der Waals surface area contributed by atoms with Crippen LogP contribution in [0.2, 0.25) is 0 Å². The predicted octanol–water partition coefficient (Wildman–Crippen LogP) is 2.67. The van der Waals surface area contributed by atoms with Crippen LogP contribution < -0.4 is 5.32 Å². The lowest BCUT2D eigenvalue weighted by Crippen LogP contribution is -2.54. The molecule has 1 saturated heterocycles. The highest BCUT2D eigenvalue weighted by Gasteiger charge is 2.55. The van der Waals surface area contributed by atoms with Crippen LogP contribution in [0.3, 0.4) is 0 Å². The van der Waals surface area contributed by atoms with Crippen molar-refractivity contribution < 1.29 is 32.0 Å². The van der Waals surface area contributed by atoms with Crippen molar-refractivity contribution in [3.63, 3.8) is 0 Å². The molecular weight excluding hydrogens is 379 g/mol. The summed E-state index contributed by atoms with van der Waals surface area (Å²) in [6, 6.07) is 2.21. The molecule has 2 heterocycles. The van der Waals surface area contributed by atoms with E-state index in [4.69, 9.17) is 4.42 Å². The van der Waals surface area contributed by atoms with Gasteiger partial charge >= 0.3 is 12.2 Å². The van der Waals surface area contributed by atoms with E-state index in [0.29, 0.717) is 11.3 Å². The smallest absolute Gasteiger partial charge is 0.406 e. The SMILES string of the molecule is C[C@@H]1CCCC[C@]12NC(=O)N(CC(=O)N(Cc1ccco1)CC(F)(F)F)C2=O. The maximum Gasteiger partial charge on any atom is 0.406 e. The van der Waals surface area contributed by atoms with Crippen molar-refractivity contribution >= 4 is 17.8 Å². The number of nitrogens with one attached hydrogen (secondary N) is 1. The van der Waals surface area contributed by atoms with Gasteiger partial charge in [0.2, 0.25) is 5.91 Å². The van der Waals surface area contributed by atoms with Crippen molar-refractivity contribution in [3.05, 3.63) is 24.2 Å². The Morgan fingerprint density at radius 2 is 2.14 bits per heavy atom. The molecule has 2 atom stereocenters. The van der Waals surface area contributed by atoms with E-state index in [1.54, 1.807) is 0 Å². The van der Waals surface area contributed by atoms with Crippen LogP contribution in [0.5, 0.6) is 0 Å². The molecule has 28 heavy (non-hydrogen) atoms. The summed E-state index contributed by atoms with van der Waals surface area (Å²) in [5, 5.41) is 2.68. The molecule has 2 fully saturated rings. The summed E-state index contributed by atoms with van der Waals surface area (Å²) in [5.41, 5.74) is -1.06. The Balaban J connectivity index is 1.75. The first-order valence-corrected chi connectivity index (χ1v) is 9.13. The summed E-state index contributed by atoms with van der Waals surface area (Å²) in [7, 11) is 0. The minimum atomic E-state index is -4.63. The average molecular weight is 401 g/mol. The Morgan fingerprint density at radius 1 is 1.39 bits per heavy atom. The van der Waals surface area contributed by atoms with Gasteiger partial charge in [0, 0.05) is 0 Å². The standard InChI is InChI=1S/C18H22F3N3O4/c1-12-5-2-3-7-17(12)15(26)24(16(27)22-17)10-14(25)23(11-18(19,20)21)9-13-6-4-8-28-13/h4,6,8,12H,2-3,5,7,9-11H2,1H3,(H,22,27)/t12-,17+/m1/s1. The molecule has 2 aliphatic rings. The second-order valence-corrected chi connectivity index (χ2v) is 7.38. The van der Waals surface area contributed by atoms with Crippen molar-refractivity contribution in [1.82, 2.24) is 15.1 Å². The van der Waals surface area contributed by atoms with Crippen LogP contribution in [-0.2, 0) is 16.1 Å². The fraction of sp³-hybridized carbons (Fsp3) is 0.611. The number of hydrogen-bond donors (Lipinski definition) is 1. The fourth-order valence-corrected chi connectivity index (χ4v) is 3.91. The summed E-state index contributed by atoms with van der Waals surface area (Å²) in [6.07, 6.45) is -0.422. The molecule has 1 spiro atoms. The normalized spacial score (nSPS) is 25.3. The van der Waals surface area contributed by atoms with E-state index in [2.05, 4.69) is 5.32 Å². The van der Waals surface area contributed by atoms with Gasteiger partial charge in [-0.05, 0) is 30.9 Å². The first-order valence-electron chi connectivity index (χ1n) is 9.13. The Morgan fingerprint density at radius 3 is 2.75 bits per heavy atom. The van der Waals surface area contributed by atoms with Crippen molar-refractivity contribution in [2.75, 3.05) is 13.1 Å². The zero-order valence-electron chi connectivity index (χ0n) is 15.4. The zero-order chi connectivity index (χ0) is 20.5. The Bertz CT molecular complexity index is 750. The second-order valence-electron chi connectivity index (χ2n) is 7.38. The monoisotopic (exact) mass is 401 g/mol. The van der Waals surface area contributed by atoms with Crippen molar-refractivity contribution in [3.8, 4) is 0 Å². The van der Waals surface area contributed by atoms with Gasteiger partial charge in [-0.15, -0.1) is 0 Å². The number of alkyl halides is 3. The highest BCUT2D eigenvalue weighted by atomic mass is 19.4. The maximum atomic E-state index is 12.9. The number of amides is 4. The van der Waals surface area contributed by atoms with Crippen molar-refractivity contribution in [2.24, 2.45) is 5.92 Å². The van der Waals surface area contributed by atoms with Gasteiger partial charge < -0.3 is 14.6 Å². The lowest BCUT2D eigenvalue weighted by Gasteiger charge is -2.36. The van der Waals surface area contributed by atoms with Crippen LogP contribution in [0.4, 0.5) is 18.0 Å². The first kappa shape index (κ1) is 20.2. The van der Waals surface area contributed by atoms with Crippen LogP contribution in [0.25, 0.3) is 0 Å². The Hall–Kier alpha value is -2.52. The lowest BCUT2D eigenvalue weighted by molar-refractivity contribution is -0.163. The molecule has 1 aromatic rings. The summed E-state index contributed by atoms with van der Waals surface area (Å²) in [6.45, 7) is -0.792. The number of rotatable bonds is 5. The van der Waals surface area contributed by atoms with Gasteiger partial charge in [-0.2, -0.15) is 13.2 Å². The third-order valence-corrected chi connectivity index (χ3v) is 5.44. The van der Waals surface area contributed by atoms with E-state index >= 15 is 0 Å². The fourth-order valence-electron chi connectivity index (χ4n) is 3.91. The molecule has 1 aliphatic carbocycles. The number of imide groups is 1. The van der Waals surface area contributed by atoms with Gasteiger partial charge in [0.05, 0.1) is 12.8 Å². The lowest BCUT2D eigenvalue weighted by atomic mass is 9.73. The number of carbonyl (C=O) groups excluding carboxylic acids is 3. The topological polar surface area (TPSA) is 82.9 Å². The minimum absolute atomic E-state index is 0.104. The molecule has 0 radical (unpaired) electrons. The van der Waals surface area contributed by atoms with Crippen LogP contribution in [0.15, 0.2) is 22.8 Å². The van der Waals surface area contributed by atoms with Gasteiger partial charge in [-0.1, -0.05) is 19.8 Å². The molecule has 3 rings (SSSR count). The summed E-state index contributed by atoms with van der Waals surface area (Å²) in [4.78, 5) is 39.1. The average Bonchev–Trinajstić information content (AvgIpc) is 3.19. The molecule has 0 unspecified atom stereocenters. The highest BCUT2D eigenvalue weighted by Crippen LogP contribution is 2.38. The molecule has 4 amide bonds. The Labute approximate surface area is 159 Å². The van der Waals surface area contributed by atoms with E-state index < -0.39 is 49.2 Å². The molecule has 1 N–H and O–H groups in total. The highest BCUT2D eigenvalue weighted by molar-refractivity contribution is 6.09. The van der Waals surface area contributed by atoms with E-state index in [-0.39, 0.29) is 11.7 Å². The minimum Gasteiger partial charge on any atom is -0.467 e. The molecule has 154 valence electrons. The zero-order valence-corrected chi connectivity index (χ0v) is 15.4. The summed E-state index contributed by atoms with van der Waals surface area (Å²) < 4.78 is 43.8. The summed E-state index contributed by atoms with van der Waals surface area (Å²) >= 11 is 0. The van der Waals surface area contributed by atoms with E-state index in [1.807, 2.05) is 6.92 Å². The molecule has 1 saturated carbocycles. The van der Waals surface area contributed by atoms with Crippen LogP contribution in [0.1, 0.15) is 38.4 Å². The van der Waals surface area contributed by atoms with E-state index in [0.717, 1.165) is 24.2 Å². The number of nitrogens with zero attached hydrogens (tertiary/aromatic N) is 2. The number of carbonyl (C=O) groups is 3. The van der Waals surface area contributed by atoms with Crippen LogP contribution in [-0.4, -0.2) is 52.5 Å². The first-order chi connectivity index (χ1) is 13.1. The molecule has 1 aromatic heterocycles. The van der Waals surface area contributed by atoms with Crippen LogP contribution >= 0.6 is 0 Å². The van der Waals surface area contributed by atoms with Gasteiger partial charge in [0.25, 0.3) is 5.91 Å². The largest absolute Gasteiger partial charge is 0.467 e. The third-order valence-electron chi connectivity index (χ3n) is 5.44.